The van der Waals surface area contributed by atoms with Crippen LogP contribution >= 0.6 is 0 Å². The Morgan fingerprint density at radius 1 is 1.21 bits per heavy atom. The van der Waals surface area contributed by atoms with Gasteiger partial charge in [-0.2, -0.15) is 15.0 Å². The lowest BCUT2D eigenvalue weighted by molar-refractivity contribution is 0.279. The Hall–Kier alpha value is -1.59. The smallest absolute Gasteiger partial charge is 0.323 e. The quantitative estimate of drug-likeness (QED) is 0.775. The van der Waals surface area contributed by atoms with Crippen LogP contribution in [0.25, 0.3) is 0 Å². The van der Waals surface area contributed by atoms with E-state index in [0.717, 1.165) is 25.4 Å². The highest BCUT2D eigenvalue weighted by Gasteiger charge is 2.21. The Morgan fingerprint density at radius 2 is 1.95 bits per heavy atom. The molecule has 0 unspecified atom stereocenters. The van der Waals surface area contributed by atoms with E-state index in [4.69, 9.17) is 4.74 Å². The molecule has 0 atom stereocenters. The second-order valence-electron chi connectivity index (χ2n) is 4.74. The fourth-order valence-electron chi connectivity index (χ4n) is 1.89. The van der Waals surface area contributed by atoms with Crippen molar-refractivity contribution in [2.75, 3.05) is 37.0 Å². The first kappa shape index (κ1) is 13.8. The molecule has 106 valence electrons. The monoisotopic (exact) mass is 265 g/mol. The first-order valence-electron chi connectivity index (χ1n) is 7.08. The summed E-state index contributed by atoms with van der Waals surface area (Å²) in [7, 11) is 1.80. The minimum absolute atomic E-state index is 0.418. The summed E-state index contributed by atoms with van der Waals surface area (Å²) in [5.74, 6) is 2.08. The van der Waals surface area contributed by atoms with Crippen molar-refractivity contribution in [3.63, 3.8) is 0 Å². The highest BCUT2D eigenvalue weighted by atomic mass is 16.5. The van der Waals surface area contributed by atoms with Gasteiger partial charge in [0.1, 0.15) is 0 Å². The molecule has 0 radical (unpaired) electrons. The van der Waals surface area contributed by atoms with E-state index in [1.807, 2.05) is 0 Å². The van der Waals surface area contributed by atoms with E-state index in [9.17, 15) is 0 Å². The van der Waals surface area contributed by atoms with Crippen LogP contribution in [0.5, 0.6) is 6.01 Å². The van der Waals surface area contributed by atoms with E-state index in [0.29, 0.717) is 24.5 Å². The maximum Gasteiger partial charge on any atom is 0.323 e. The van der Waals surface area contributed by atoms with Crippen LogP contribution in [0.3, 0.4) is 0 Å². The molecule has 0 aromatic carbocycles. The van der Waals surface area contributed by atoms with Gasteiger partial charge in [0.05, 0.1) is 6.61 Å². The normalized spacial score (nSPS) is 14.3. The molecule has 6 nitrogen and oxygen atoms in total. The Balaban J connectivity index is 2.04. The van der Waals surface area contributed by atoms with E-state index >= 15 is 0 Å². The first-order valence-corrected chi connectivity index (χ1v) is 7.08. The lowest BCUT2D eigenvalue weighted by atomic mass is 10.3. The molecule has 0 amide bonds. The van der Waals surface area contributed by atoms with Gasteiger partial charge in [-0.25, -0.2) is 0 Å². The van der Waals surface area contributed by atoms with Crippen LogP contribution in [0, 0.1) is 5.92 Å². The molecule has 1 fully saturated rings. The Morgan fingerprint density at radius 3 is 2.53 bits per heavy atom. The van der Waals surface area contributed by atoms with Gasteiger partial charge in [0.15, 0.2) is 0 Å². The van der Waals surface area contributed by atoms with Crippen LogP contribution < -0.4 is 15.0 Å². The van der Waals surface area contributed by atoms with Gasteiger partial charge in [-0.05, 0) is 26.2 Å². The summed E-state index contributed by atoms with van der Waals surface area (Å²) in [6.07, 6.45) is 3.78. The highest BCUT2D eigenvalue weighted by molar-refractivity contribution is 5.37. The molecule has 0 saturated heterocycles. The second kappa shape index (κ2) is 6.54. The van der Waals surface area contributed by atoms with Gasteiger partial charge in [0, 0.05) is 20.1 Å². The van der Waals surface area contributed by atoms with E-state index < -0.39 is 0 Å². The lowest BCUT2D eigenvalue weighted by Crippen LogP contribution is -2.25. The summed E-state index contributed by atoms with van der Waals surface area (Å²) in [5, 5.41) is 2.95. The molecule has 1 heterocycles. The summed E-state index contributed by atoms with van der Waals surface area (Å²) in [4.78, 5) is 15.1. The molecule has 1 N–H and O–H groups in total. The van der Waals surface area contributed by atoms with Crippen LogP contribution in [-0.2, 0) is 0 Å². The SMILES string of the molecule is CCN(CC)c1nc(NC)nc(OCCC2CC2)n1. The van der Waals surface area contributed by atoms with Crippen molar-refractivity contribution >= 4 is 11.9 Å². The molecule has 1 saturated carbocycles. The van der Waals surface area contributed by atoms with Gasteiger partial charge in [-0.1, -0.05) is 12.8 Å². The minimum atomic E-state index is 0.418. The second-order valence-corrected chi connectivity index (χ2v) is 4.74. The van der Waals surface area contributed by atoms with Crippen molar-refractivity contribution < 1.29 is 4.74 Å². The molecule has 0 spiro atoms. The lowest BCUT2D eigenvalue weighted by Gasteiger charge is -2.19. The molecule has 1 aromatic rings. The average molecular weight is 265 g/mol. The van der Waals surface area contributed by atoms with Gasteiger partial charge >= 0.3 is 6.01 Å². The average Bonchev–Trinajstić information content (AvgIpc) is 3.24. The third kappa shape index (κ3) is 3.94. The van der Waals surface area contributed by atoms with Crippen LogP contribution in [0.1, 0.15) is 33.1 Å². The number of hydrogen-bond acceptors (Lipinski definition) is 6. The highest BCUT2D eigenvalue weighted by Crippen LogP contribution is 2.32. The van der Waals surface area contributed by atoms with Gasteiger partial charge in [-0.15, -0.1) is 0 Å². The number of aromatic nitrogens is 3. The number of anilines is 2. The predicted molar refractivity (Wildman–Crippen MR) is 75.8 cm³/mol. The van der Waals surface area contributed by atoms with E-state index in [2.05, 4.69) is 39.0 Å². The van der Waals surface area contributed by atoms with Gasteiger partial charge < -0.3 is 15.0 Å². The molecule has 6 heteroatoms. The predicted octanol–water partition coefficient (Wildman–Crippen LogP) is 1.94. The van der Waals surface area contributed by atoms with E-state index in [-0.39, 0.29) is 0 Å². The van der Waals surface area contributed by atoms with Crippen LogP contribution in [0.4, 0.5) is 11.9 Å². The first-order chi connectivity index (χ1) is 9.26. The zero-order chi connectivity index (χ0) is 13.7. The molecule has 0 aliphatic heterocycles. The molecule has 1 aliphatic carbocycles. The zero-order valence-electron chi connectivity index (χ0n) is 12.0. The topological polar surface area (TPSA) is 63.2 Å². The fraction of sp³-hybridized carbons (Fsp3) is 0.769. The maximum atomic E-state index is 5.65. The summed E-state index contributed by atoms with van der Waals surface area (Å²) >= 11 is 0. The largest absolute Gasteiger partial charge is 0.463 e. The maximum absolute atomic E-state index is 5.65. The summed E-state index contributed by atoms with van der Waals surface area (Å²) in [5.41, 5.74) is 0. The van der Waals surface area contributed by atoms with Crippen LogP contribution in [-0.4, -0.2) is 41.7 Å². The molecular formula is C13H23N5O. The van der Waals surface area contributed by atoms with Crippen molar-refractivity contribution in [1.82, 2.24) is 15.0 Å². The number of ether oxygens (including phenoxy) is 1. The van der Waals surface area contributed by atoms with Gasteiger partial charge in [-0.3, -0.25) is 0 Å². The molecule has 2 rings (SSSR count). The van der Waals surface area contributed by atoms with Crippen molar-refractivity contribution in [2.45, 2.75) is 33.1 Å². The Kier molecular flexibility index (Phi) is 4.76. The Bertz CT molecular complexity index is 404. The molecule has 0 bridgehead atoms. The van der Waals surface area contributed by atoms with Gasteiger partial charge in [0.25, 0.3) is 0 Å². The summed E-state index contributed by atoms with van der Waals surface area (Å²) in [6.45, 7) is 6.59. The van der Waals surface area contributed by atoms with Crippen molar-refractivity contribution in [1.29, 1.82) is 0 Å². The number of hydrogen-bond donors (Lipinski definition) is 1. The Labute approximate surface area is 114 Å². The van der Waals surface area contributed by atoms with Crippen LogP contribution in [0.2, 0.25) is 0 Å². The number of rotatable bonds is 8. The number of nitrogens with one attached hydrogen (secondary N) is 1. The number of nitrogens with zero attached hydrogens (tertiary/aromatic N) is 4. The summed E-state index contributed by atoms with van der Waals surface area (Å²) in [6, 6.07) is 0.418. The van der Waals surface area contributed by atoms with Crippen molar-refractivity contribution in [3.05, 3.63) is 0 Å². The summed E-state index contributed by atoms with van der Waals surface area (Å²) < 4.78 is 5.65. The molecule has 1 aliphatic rings. The molecule has 19 heavy (non-hydrogen) atoms. The van der Waals surface area contributed by atoms with Crippen molar-refractivity contribution in [2.24, 2.45) is 5.92 Å². The van der Waals surface area contributed by atoms with Crippen molar-refractivity contribution in [3.8, 4) is 6.01 Å². The van der Waals surface area contributed by atoms with E-state index in [1.54, 1.807) is 7.05 Å². The third-order valence-corrected chi connectivity index (χ3v) is 3.33. The third-order valence-electron chi connectivity index (χ3n) is 3.33. The fourth-order valence-corrected chi connectivity index (χ4v) is 1.89. The molecular weight excluding hydrogens is 242 g/mol. The molecule has 1 aromatic heterocycles. The van der Waals surface area contributed by atoms with Gasteiger partial charge in [0.2, 0.25) is 11.9 Å². The van der Waals surface area contributed by atoms with E-state index in [1.165, 1.54) is 12.8 Å². The minimum Gasteiger partial charge on any atom is -0.463 e. The van der Waals surface area contributed by atoms with Crippen LogP contribution in [0.15, 0.2) is 0 Å². The zero-order valence-corrected chi connectivity index (χ0v) is 12.0. The standard InChI is InChI=1S/C13H23N5O/c1-4-18(5-2)12-15-11(14-3)16-13(17-12)19-9-8-10-6-7-10/h10H,4-9H2,1-3H3,(H,14,15,16,17).